The number of aliphatic hydroxyl groups excluding tert-OH is 1. The Bertz CT molecular complexity index is 549. The van der Waals surface area contributed by atoms with Crippen molar-refractivity contribution in [1.82, 2.24) is 10.3 Å². The normalized spacial score (nSPS) is 13.9. The van der Waals surface area contributed by atoms with Gasteiger partial charge in [-0.2, -0.15) is 0 Å². The molecular weight excluding hydrogens is 276 g/mol. The Balaban J connectivity index is 1.90. The summed E-state index contributed by atoms with van der Waals surface area (Å²) in [6.45, 7) is 4.26. The third-order valence-corrected chi connectivity index (χ3v) is 3.68. The highest BCUT2D eigenvalue weighted by Gasteiger charge is 2.14. The minimum absolute atomic E-state index is 0.198. The number of carbonyl (C=O) groups excluding carboxylic acids is 1. The number of nitrogens with zero attached hydrogens (tertiary/aromatic N) is 1. The smallest absolute Gasteiger partial charge is 0.270 e. The van der Waals surface area contributed by atoms with Gasteiger partial charge in [-0.15, -0.1) is 11.3 Å². The Morgan fingerprint density at radius 3 is 3.00 bits per heavy atom. The van der Waals surface area contributed by atoms with E-state index in [9.17, 15) is 9.90 Å². The largest absolute Gasteiger partial charge is 0.462 e. The molecule has 2 N–H and O–H groups in total. The van der Waals surface area contributed by atoms with E-state index in [-0.39, 0.29) is 17.9 Å². The molecule has 0 spiro atoms. The summed E-state index contributed by atoms with van der Waals surface area (Å²) in [5.41, 5.74) is 0.394. The molecule has 5 nitrogen and oxygen atoms in total. The molecule has 0 aliphatic carbocycles. The summed E-state index contributed by atoms with van der Waals surface area (Å²) >= 11 is 1.37. The zero-order chi connectivity index (χ0) is 14.5. The Morgan fingerprint density at radius 2 is 2.35 bits per heavy atom. The number of aromatic nitrogens is 1. The predicted molar refractivity (Wildman–Crippen MR) is 77.6 cm³/mol. The second-order valence-electron chi connectivity index (χ2n) is 4.92. The van der Waals surface area contributed by atoms with Gasteiger partial charge in [-0.1, -0.05) is 6.92 Å². The van der Waals surface area contributed by atoms with Crippen LogP contribution in [0.3, 0.4) is 0 Å². The minimum Gasteiger partial charge on any atom is -0.462 e. The fourth-order valence-corrected chi connectivity index (χ4v) is 2.68. The molecule has 2 atom stereocenters. The number of thiazole rings is 1. The van der Waals surface area contributed by atoms with Gasteiger partial charge in [-0.05, 0) is 31.4 Å². The number of amides is 1. The van der Waals surface area contributed by atoms with Crippen molar-refractivity contribution in [3.8, 4) is 10.8 Å². The fraction of sp³-hybridized carbons (Fsp3) is 0.429. The number of furan rings is 1. The molecular formula is C14H18N2O3S. The van der Waals surface area contributed by atoms with Crippen LogP contribution in [0.15, 0.2) is 28.2 Å². The Hall–Kier alpha value is -1.66. The van der Waals surface area contributed by atoms with Gasteiger partial charge in [-0.25, -0.2) is 4.98 Å². The second-order valence-corrected chi connectivity index (χ2v) is 5.77. The van der Waals surface area contributed by atoms with E-state index < -0.39 is 0 Å². The number of aliphatic hydroxyl groups is 1. The molecule has 0 aliphatic heterocycles. The Kier molecular flexibility index (Phi) is 4.92. The third-order valence-electron chi connectivity index (χ3n) is 2.82. The van der Waals surface area contributed by atoms with Gasteiger partial charge < -0.3 is 14.8 Å². The third kappa shape index (κ3) is 3.91. The van der Waals surface area contributed by atoms with E-state index in [2.05, 4.69) is 10.3 Å². The van der Waals surface area contributed by atoms with Gasteiger partial charge in [0.1, 0.15) is 5.69 Å². The summed E-state index contributed by atoms with van der Waals surface area (Å²) in [4.78, 5) is 16.2. The average molecular weight is 294 g/mol. The van der Waals surface area contributed by atoms with Gasteiger partial charge in [0.2, 0.25) is 0 Å². The highest BCUT2D eigenvalue weighted by atomic mass is 32.1. The van der Waals surface area contributed by atoms with Crippen LogP contribution >= 0.6 is 11.3 Å². The van der Waals surface area contributed by atoms with Gasteiger partial charge >= 0.3 is 0 Å². The highest BCUT2D eigenvalue weighted by Crippen LogP contribution is 2.23. The number of hydrogen-bond donors (Lipinski definition) is 2. The van der Waals surface area contributed by atoms with Crippen molar-refractivity contribution in [2.75, 3.05) is 6.54 Å². The molecule has 2 aromatic rings. The maximum Gasteiger partial charge on any atom is 0.270 e. The van der Waals surface area contributed by atoms with Crippen LogP contribution in [-0.4, -0.2) is 28.6 Å². The number of rotatable bonds is 6. The second kappa shape index (κ2) is 6.67. The lowest BCUT2D eigenvalue weighted by molar-refractivity contribution is 0.0935. The lowest BCUT2D eigenvalue weighted by Gasteiger charge is -2.13. The minimum atomic E-state index is -0.355. The first-order chi connectivity index (χ1) is 9.56. The molecule has 1 amide bonds. The summed E-state index contributed by atoms with van der Waals surface area (Å²) in [6.07, 6.45) is 1.88. The monoisotopic (exact) mass is 294 g/mol. The summed E-state index contributed by atoms with van der Waals surface area (Å²) in [5, 5.41) is 14.5. The maximum atomic E-state index is 12.0. The van der Waals surface area contributed by atoms with E-state index >= 15 is 0 Å². The first kappa shape index (κ1) is 14.7. The molecule has 0 saturated carbocycles. The molecule has 108 valence electrons. The van der Waals surface area contributed by atoms with Gasteiger partial charge in [0.05, 0.1) is 12.4 Å². The van der Waals surface area contributed by atoms with Crippen molar-refractivity contribution in [2.45, 2.75) is 26.4 Å². The standard InChI is InChI=1S/C14H18N2O3S/c1-9(6-10(2)17)7-15-13(18)11-8-20-14(16-11)12-4-3-5-19-12/h3-5,8-10,17H,6-7H2,1-2H3,(H,15,18). The average Bonchev–Trinajstić information content (AvgIpc) is 3.04. The van der Waals surface area contributed by atoms with Crippen LogP contribution < -0.4 is 5.32 Å². The van der Waals surface area contributed by atoms with Crippen molar-refractivity contribution >= 4 is 17.2 Å². The van der Waals surface area contributed by atoms with E-state index in [1.54, 1.807) is 24.6 Å². The zero-order valence-electron chi connectivity index (χ0n) is 11.5. The van der Waals surface area contributed by atoms with Crippen LogP contribution in [0.4, 0.5) is 0 Å². The van der Waals surface area contributed by atoms with Crippen LogP contribution in [-0.2, 0) is 0 Å². The SMILES string of the molecule is CC(O)CC(C)CNC(=O)c1csc(-c2ccco2)n1. The van der Waals surface area contributed by atoms with Crippen LogP contribution in [0, 0.1) is 5.92 Å². The Labute approximate surface area is 121 Å². The van der Waals surface area contributed by atoms with E-state index in [0.29, 0.717) is 29.4 Å². The lowest BCUT2D eigenvalue weighted by atomic mass is 10.0. The molecule has 6 heteroatoms. The van der Waals surface area contributed by atoms with Gasteiger partial charge in [0, 0.05) is 11.9 Å². The molecule has 2 heterocycles. The van der Waals surface area contributed by atoms with Crippen molar-refractivity contribution in [3.05, 3.63) is 29.5 Å². The summed E-state index contributed by atoms with van der Waals surface area (Å²) in [7, 11) is 0. The number of carbonyl (C=O) groups is 1. The van der Waals surface area contributed by atoms with E-state index in [1.807, 2.05) is 13.0 Å². The first-order valence-corrected chi connectivity index (χ1v) is 7.40. The predicted octanol–water partition coefficient (Wildman–Crippen LogP) is 2.54. The molecule has 0 saturated heterocycles. The highest BCUT2D eigenvalue weighted by molar-refractivity contribution is 7.13. The number of hydrogen-bond acceptors (Lipinski definition) is 5. The summed E-state index contributed by atoms with van der Waals surface area (Å²) in [6, 6.07) is 3.60. The molecule has 0 fully saturated rings. The molecule has 20 heavy (non-hydrogen) atoms. The summed E-state index contributed by atoms with van der Waals surface area (Å²) < 4.78 is 5.24. The molecule has 2 rings (SSSR count). The van der Waals surface area contributed by atoms with E-state index in [0.717, 1.165) is 0 Å². The topological polar surface area (TPSA) is 75.4 Å². The number of nitrogens with one attached hydrogen (secondary N) is 1. The molecule has 0 radical (unpaired) electrons. The van der Waals surface area contributed by atoms with Crippen LogP contribution in [0.2, 0.25) is 0 Å². The Morgan fingerprint density at radius 1 is 1.55 bits per heavy atom. The quantitative estimate of drug-likeness (QED) is 0.858. The van der Waals surface area contributed by atoms with Crippen LogP contribution in [0.25, 0.3) is 10.8 Å². The van der Waals surface area contributed by atoms with Crippen LogP contribution in [0.5, 0.6) is 0 Å². The van der Waals surface area contributed by atoms with Crippen molar-refractivity contribution < 1.29 is 14.3 Å². The van der Waals surface area contributed by atoms with Crippen molar-refractivity contribution in [3.63, 3.8) is 0 Å². The molecule has 0 aromatic carbocycles. The fourth-order valence-electron chi connectivity index (χ4n) is 1.91. The van der Waals surface area contributed by atoms with Gasteiger partial charge in [-0.3, -0.25) is 4.79 Å². The molecule has 0 bridgehead atoms. The molecule has 2 aromatic heterocycles. The van der Waals surface area contributed by atoms with E-state index in [4.69, 9.17) is 4.42 Å². The maximum absolute atomic E-state index is 12.0. The molecule has 0 aliphatic rings. The van der Waals surface area contributed by atoms with Crippen molar-refractivity contribution in [2.24, 2.45) is 5.92 Å². The van der Waals surface area contributed by atoms with Gasteiger partial charge in [0.15, 0.2) is 10.8 Å². The van der Waals surface area contributed by atoms with Crippen molar-refractivity contribution in [1.29, 1.82) is 0 Å². The lowest BCUT2D eigenvalue weighted by Crippen LogP contribution is -2.29. The summed E-state index contributed by atoms with van der Waals surface area (Å²) in [5.74, 6) is 0.690. The first-order valence-electron chi connectivity index (χ1n) is 6.52. The molecule has 2 unspecified atom stereocenters. The van der Waals surface area contributed by atoms with Crippen LogP contribution in [0.1, 0.15) is 30.8 Å². The van der Waals surface area contributed by atoms with Gasteiger partial charge in [0.25, 0.3) is 5.91 Å². The zero-order valence-corrected chi connectivity index (χ0v) is 12.3. The van der Waals surface area contributed by atoms with E-state index in [1.165, 1.54) is 11.3 Å².